The maximum absolute atomic E-state index is 12.6. The first-order valence-corrected chi connectivity index (χ1v) is 9.13. The number of aromatic amines is 1. The molecule has 0 aliphatic carbocycles. The number of amides is 1. The molecule has 1 aromatic carbocycles. The molecule has 136 valence electrons. The van der Waals surface area contributed by atoms with E-state index in [1.165, 1.54) is 5.56 Å². The molecule has 1 fully saturated rings. The first-order chi connectivity index (χ1) is 12.6. The molecule has 0 bridgehead atoms. The van der Waals surface area contributed by atoms with Crippen LogP contribution in [0.5, 0.6) is 0 Å². The maximum atomic E-state index is 12.6. The fourth-order valence-corrected chi connectivity index (χ4v) is 3.71. The van der Waals surface area contributed by atoms with Gasteiger partial charge in [0.15, 0.2) is 0 Å². The molecule has 0 atom stereocenters. The molecule has 6 heteroatoms. The van der Waals surface area contributed by atoms with Crippen molar-refractivity contribution in [1.82, 2.24) is 20.4 Å². The van der Waals surface area contributed by atoms with Gasteiger partial charge in [0.25, 0.3) is 5.91 Å². The van der Waals surface area contributed by atoms with E-state index in [-0.39, 0.29) is 11.9 Å². The molecule has 6 nitrogen and oxygen atoms in total. The maximum Gasteiger partial charge on any atom is 0.253 e. The van der Waals surface area contributed by atoms with E-state index < -0.39 is 0 Å². The molecule has 0 saturated carbocycles. The lowest BCUT2D eigenvalue weighted by Crippen LogP contribution is -2.44. The summed E-state index contributed by atoms with van der Waals surface area (Å²) in [6.45, 7) is 6.74. The number of piperidine rings is 1. The highest BCUT2D eigenvalue weighted by Crippen LogP contribution is 2.20. The van der Waals surface area contributed by atoms with Crippen LogP contribution in [0.4, 0.5) is 0 Å². The van der Waals surface area contributed by atoms with E-state index in [0.717, 1.165) is 60.4 Å². The van der Waals surface area contributed by atoms with Crippen LogP contribution >= 0.6 is 0 Å². The van der Waals surface area contributed by atoms with Gasteiger partial charge in [-0.15, -0.1) is 0 Å². The SMILES string of the molecule is Cc1noc(C)c1CN1CCC(NC(=O)c2c[nH]c3ccccc23)CC1. The summed E-state index contributed by atoms with van der Waals surface area (Å²) in [5, 5.41) is 8.20. The molecular weight excluding hydrogens is 328 g/mol. The molecule has 1 aliphatic heterocycles. The van der Waals surface area contributed by atoms with Gasteiger partial charge < -0.3 is 14.8 Å². The Balaban J connectivity index is 1.34. The molecule has 0 spiro atoms. The Labute approximate surface area is 152 Å². The number of nitrogens with one attached hydrogen (secondary N) is 2. The van der Waals surface area contributed by atoms with Gasteiger partial charge in [0.1, 0.15) is 5.76 Å². The van der Waals surface area contributed by atoms with Crippen molar-refractivity contribution in [2.24, 2.45) is 0 Å². The molecule has 4 rings (SSSR count). The third kappa shape index (κ3) is 3.24. The van der Waals surface area contributed by atoms with Gasteiger partial charge in [0.05, 0.1) is 11.3 Å². The van der Waals surface area contributed by atoms with Crippen molar-refractivity contribution in [3.05, 3.63) is 53.0 Å². The topological polar surface area (TPSA) is 74.2 Å². The van der Waals surface area contributed by atoms with Crippen LogP contribution in [0.1, 0.15) is 40.2 Å². The number of aryl methyl sites for hydroxylation is 2. The van der Waals surface area contributed by atoms with Crippen LogP contribution in [0.15, 0.2) is 35.0 Å². The number of carbonyl (C=O) groups is 1. The Hall–Kier alpha value is -2.60. The zero-order chi connectivity index (χ0) is 18.1. The molecular formula is C20H24N4O2. The fourth-order valence-electron chi connectivity index (χ4n) is 3.71. The van der Waals surface area contributed by atoms with Gasteiger partial charge in [-0.2, -0.15) is 0 Å². The minimum Gasteiger partial charge on any atom is -0.361 e. The summed E-state index contributed by atoms with van der Waals surface area (Å²) in [7, 11) is 0. The van der Waals surface area contributed by atoms with Crippen LogP contribution in [0, 0.1) is 13.8 Å². The minimum absolute atomic E-state index is 0.00613. The van der Waals surface area contributed by atoms with Crippen molar-refractivity contribution in [1.29, 1.82) is 0 Å². The lowest BCUT2D eigenvalue weighted by Gasteiger charge is -2.32. The Morgan fingerprint density at radius 1 is 1.31 bits per heavy atom. The van der Waals surface area contributed by atoms with Crippen molar-refractivity contribution in [2.45, 2.75) is 39.3 Å². The number of likely N-dealkylation sites (tertiary alicyclic amines) is 1. The van der Waals surface area contributed by atoms with E-state index in [0.29, 0.717) is 0 Å². The van der Waals surface area contributed by atoms with E-state index in [2.05, 4.69) is 20.4 Å². The molecule has 2 aromatic heterocycles. The second-order valence-corrected chi connectivity index (χ2v) is 7.07. The number of hydrogen-bond acceptors (Lipinski definition) is 4. The summed E-state index contributed by atoms with van der Waals surface area (Å²) >= 11 is 0. The van der Waals surface area contributed by atoms with Gasteiger partial charge >= 0.3 is 0 Å². The highest BCUT2D eigenvalue weighted by molar-refractivity contribution is 6.06. The molecule has 0 radical (unpaired) electrons. The number of hydrogen-bond donors (Lipinski definition) is 2. The summed E-state index contributed by atoms with van der Waals surface area (Å²) in [5.41, 5.74) is 3.87. The number of nitrogens with zero attached hydrogens (tertiary/aromatic N) is 2. The van der Waals surface area contributed by atoms with Crippen LogP contribution in [0.3, 0.4) is 0 Å². The van der Waals surface area contributed by atoms with Gasteiger partial charge in [-0.25, -0.2) is 0 Å². The van der Waals surface area contributed by atoms with E-state index in [1.807, 2.05) is 38.1 Å². The van der Waals surface area contributed by atoms with Crippen LogP contribution in [0.2, 0.25) is 0 Å². The second-order valence-electron chi connectivity index (χ2n) is 7.07. The van der Waals surface area contributed by atoms with Gasteiger partial charge in [-0.1, -0.05) is 23.4 Å². The summed E-state index contributed by atoms with van der Waals surface area (Å²) in [6.07, 6.45) is 3.71. The predicted octanol–water partition coefficient (Wildman–Crippen LogP) is 3.17. The Bertz CT molecular complexity index is 899. The van der Waals surface area contributed by atoms with Crippen LogP contribution in [-0.4, -0.2) is 40.1 Å². The zero-order valence-electron chi connectivity index (χ0n) is 15.2. The van der Waals surface area contributed by atoms with Crippen molar-refractivity contribution in [3.8, 4) is 0 Å². The van der Waals surface area contributed by atoms with Crippen molar-refractivity contribution in [3.63, 3.8) is 0 Å². The Morgan fingerprint density at radius 3 is 2.81 bits per heavy atom. The first-order valence-electron chi connectivity index (χ1n) is 9.13. The molecule has 3 heterocycles. The normalized spacial score (nSPS) is 16.2. The highest BCUT2D eigenvalue weighted by Gasteiger charge is 2.23. The average Bonchev–Trinajstić information content (AvgIpc) is 3.22. The van der Waals surface area contributed by atoms with Crippen LogP contribution < -0.4 is 5.32 Å². The van der Waals surface area contributed by atoms with Crippen molar-refractivity contribution in [2.75, 3.05) is 13.1 Å². The van der Waals surface area contributed by atoms with Crippen LogP contribution in [0.25, 0.3) is 10.9 Å². The molecule has 26 heavy (non-hydrogen) atoms. The molecule has 3 aromatic rings. The standard InChI is InChI=1S/C20H24N4O2/c1-13-18(14(2)26-23-13)12-24-9-7-15(8-10-24)22-20(25)17-11-21-19-6-4-3-5-16(17)19/h3-6,11,15,21H,7-10,12H2,1-2H3,(H,22,25). The zero-order valence-corrected chi connectivity index (χ0v) is 15.2. The third-order valence-electron chi connectivity index (χ3n) is 5.32. The number of fused-ring (bicyclic) bond motifs is 1. The monoisotopic (exact) mass is 352 g/mol. The quantitative estimate of drug-likeness (QED) is 0.756. The predicted molar refractivity (Wildman–Crippen MR) is 100 cm³/mol. The average molecular weight is 352 g/mol. The van der Waals surface area contributed by atoms with Crippen molar-refractivity contribution < 1.29 is 9.32 Å². The number of carbonyl (C=O) groups excluding carboxylic acids is 1. The van der Waals surface area contributed by atoms with E-state index in [1.54, 1.807) is 6.20 Å². The summed E-state index contributed by atoms with van der Waals surface area (Å²) in [6, 6.07) is 8.11. The van der Waals surface area contributed by atoms with E-state index in [9.17, 15) is 4.79 Å². The van der Waals surface area contributed by atoms with E-state index >= 15 is 0 Å². The van der Waals surface area contributed by atoms with Crippen LogP contribution in [-0.2, 0) is 6.54 Å². The molecule has 1 aliphatic rings. The minimum atomic E-state index is 0.00613. The second kappa shape index (κ2) is 6.96. The number of H-pyrrole nitrogens is 1. The molecule has 0 unspecified atom stereocenters. The summed E-state index contributed by atoms with van der Waals surface area (Å²) < 4.78 is 5.25. The highest BCUT2D eigenvalue weighted by atomic mass is 16.5. The fraction of sp³-hybridized carbons (Fsp3) is 0.400. The Kier molecular flexibility index (Phi) is 4.51. The van der Waals surface area contributed by atoms with E-state index in [4.69, 9.17) is 4.52 Å². The number of aromatic nitrogens is 2. The van der Waals surface area contributed by atoms with Gasteiger partial charge in [-0.3, -0.25) is 9.69 Å². The van der Waals surface area contributed by atoms with Gasteiger partial charge in [0.2, 0.25) is 0 Å². The van der Waals surface area contributed by atoms with Gasteiger partial charge in [0, 0.05) is 48.3 Å². The molecule has 1 saturated heterocycles. The molecule has 2 N–H and O–H groups in total. The largest absolute Gasteiger partial charge is 0.361 e. The lowest BCUT2D eigenvalue weighted by molar-refractivity contribution is 0.0910. The lowest BCUT2D eigenvalue weighted by atomic mass is 10.0. The number of benzene rings is 1. The Morgan fingerprint density at radius 2 is 2.08 bits per heavy atom. The third-order valence-corrected chi connectivity index (χ3v) is 5.32. The number of rotatable bonds is 4. The smallest absolute Gasteiger partial charge is 0.253 e. The summed E-state index contributed by atoms with van der Waals surface area (Å²) in [4.78, 5) is 18.2. The first kappa shape index (κ1) is 16.8. The summed E-state index contributed by atoms with van der Waals surface area (Å²) in [5.74, 6) is 0.906. The van der Waals surface area contributed by atoms with Crippen molar-refractivity contribution >= 4 is 16.8 Å². The number of para-hydroxylation sites is 1. The molecule has 1 amide bonds. The van der Waals surface area contributed by atoms with Gasteiger partial charge in [-0.05, 0) is 32.8 Å².